The number of hydrogen-bond acceptors (Lipinski definition) is 5. The van der Waals surface area contributed by atoms with Crippen LogP contribution >= 0.6 is 22.6 Å². The zero-order valence-electron chi connectivity index (χ0n) is 18.0. The van der Waals surface area contributed by atoms with E-state index in [0.717, 1.165) is 24.1 Å². The van der Waals surface area contributed by atoms with Crippen molar-refractivity contribution in [2.24, 2.45) is 0 Å². The average Bonchev–Trinajstić information content (AvgIpc) is 2.80. The third-order valence-corrected chi connectivity index (χ3v) is 6.21. The van der Waals surface area contributed by atoms with Crippen LogP contribution < -0.4 is 10.6 Å². The molecule has 1 fully saturated rings. The number of benzene rings is 2. The molecule has 34 heavy (non-hydrogen) atoms. The van der Waals surface area contributed by atoms with Gasteiger partial charge in [0, 0.05) is 22.5 Å². The summed E-state index contributed by atoms with van der Waals surface area (Å²) < 4.78 is 43.4. The van der Waals surface area contributed by atoms with Crippen LogP contribution in [-0.2, 0) is 6.42 Å². The average molecular weight is 582 g/mol. The molecule has 1 saturated heterocycles. The molecular weight excluding hydrogens is 560 g/mol. The Balaban J connectivity index is 1.40. The number of nitrogens with one attached hydrogen (secondary N) is 2. The lowest BCUT2D eigenvalue weighted by molar-refractivity contribution is -0.0783. The Bertz CT molecular complexity index is 1190. The molecule has 0 spiro atoms. The molecule has 3 N–H and O–H groups in total. The third-order valence-electron chi connectivity index (χ3n) is 5.54. The maximum Gasteiger partial charge on any atom is 0.256 e. The molecule has 0 saturated carbocycles. The molecule has 3 aromatic rings. The highest BCUT2D eigenvalue weighted by Crippen LogP contribution is 2.31. The van der Waals surface area contributed by atoms with Crippen LogP contribution in [0.25, 0.3) is 0 Å². The Labute approximate surface area is 208 Å². The van der Waals surface area contributed by atoms with Gasteiger partial charge in [-0.3, -0.25) is 9.78 Å². The fraction of sp³-hybridized carbons (Fsp3) is 0.250. The predicted octanol–water partition coefficient (Wildman–Crippen LogP) is 3.87. The summed E-state index contributed by atoms with van der Waals surface area (Å²) in [7, 11) is 0. The summed E-state index contributed by atoms with van der Waals surface area (Å²) in [5.41, 5.74) is -0.746. The molecule has 2 aromatic carbocycles. The predicted molar refractivity (Wildman–Crippen MR) is 130 cm³/mol. The zero-order valence-corrected chi connectivity index (χ0v) is 20.2. The van der Waals surface area contributed by atoms with Crippen molar-refractivity contribution >= 4 is 39.9 Å². The minimum atomic E-state index is -1.28. The summed E-state index contributed by atoms with van der Waals surface area (Å²) in [6.07, 6.45) is 4.21. The molecule has 0 atom stereocenters. The van der Waals surface area contributed by atoms with Gasteiger partial charge in [0.25, 0.3) is 5.91 Å². The third kappa shape index (κ3) is 5.50. The van der Waals surface area contributed by atoms with E-state index < -0.39 is 34.6 Å². The second kappa shape index (κ2) is 10.3. The highest BCUT2D eigenvalue weighted by Gasteiger charge is 2.44. The van der Waals surface area contributed by atoms with E-state index in [2.05, 4.69) is 15.6 Å². The summed E-state index contributed by atoms with van der Waals surface area (Å²) in [4.78, 5) is 18.4. The van der Waals surface area contributed by atoms with Crippen LogP contribution in [0.2, 0.25) is 0 Å². The van der Waals surface area contributed by atoms with Crippen molar-refractivity contribution in [1.82, 2.24) is 15.2 Å². The van der Waals surface area contributed by atoms with Gasteiger partial charge in [-0.1, -0.05) is 6.07 Å². The van der Waals surface area contributed by atoms with Gasteiger partial charge in [0.15, 0.2) is 11.6 Å². The number of hydrogen-bond donors (Lipinski definition) is 3. The number of likely N-dealkylation sites (tertiary alicyclic amines) is 1. The number of nitrogens with zero attached hydrogens (tertiary/aromatic N) is 2. The van der Waals surface area contributed by atoms with Crippen LogP contribution in [0, 0.1) is 21.0 Å². The minimum Gasteiger partial charge on any atom is -0.385 e. The maximum atomic E-state index is 14.6. The van der Waals surface area contributed by atoms with Crippen molar-refractivity contribution < 1.29 is 23.1 Å². The first-order valence-corrected chi connectivity index (χ1v) is 11.6. The van der Waals surface area contributed by atoms with Crippen LogP contribution in [0.4, 0.5) is 24.5 Å². The number of halogens is 4. The van der Waals surface area contributed by atoms with Gasteiger partial charge in [0.05, 0.1) is 30.0 Å². The van der Waals surface area contributed by atoms with Gasteiger partial charge in [-0.05, 0) is 77.5 Å². The molecule has 10 heteroatoms. The Morgan fingerprint density at radius 2 is 1.94 bits per heavy atom. The van der Waals surface area contributed by atoms with E-state index in [4.69, 9.17) is 0 Å². The number of carbonyl (C=O) groups is 1. The van der Waals surface area contributed by atoms with E-state index in [-0.39, 0.29) is 30.9 Å². The number of β-amino-alcohol motifs (C(OH)–C–C–N with tert-alkyl or cyclic N) is 1. The Hall–Kier alpha value is -2.70. The topological polar surface area (TPSA) is 77.5 Å². The zero-order chi connectivity index (χ0) is 24.3. The number of pyridine rings is 1. The van der Waals surface area contributed by atoms with Gasteiger partial charge >= 0.3 is 0 Å². The largest absolute Gasteiger partial charge is 0.385 e. The summed E-state index contributed by atoms with van der Waals surface area (Å²) in [5, 5.41) is 16.4. The molecule has 6 nitrogen and oxygen atoms in total. The van der Waals surface area contributed by atoms with E-state index in [0.29, 0.717) is 10.1 Å². The van der Waals surface area contributed by atoms with Gasteiger partial charge < -0.3 is 20.6 Å². The number of aromatic nitrogens is 1. The Morgan fingerprint density at radius 1 is 1.15 bits per heavy atom. The van der Waals surface area contributed by atoms with Crippen LogP contribution in [-0.4, -0.2) is 52.7 Å². The van der Waals surface area contributed by atoms with Gasteiger partial charge in [0.2, 0.25) is 0 Å². The minimum absolute atomic E-state index is 0.0298. The number of rotatable bonds is 8. The summed E-state index contributed by atoms with van der Waals surface area (Å²) in [6.45, 7) is 0.957. The monoisotopic (exact) mass is 582 g/mol. The molecule has 0 aliphatic carbocycles. The second-order valence-corrected chi connectivity index (χ2v) is 9.45. The molecule has 2 heterocycles. The summed E-state index contributed by atoms with van der Waals surface area (Å²) >= 11 is 1.93. The van der Waals surface area contributed by atoms with Crippen molar-refractivity contribution in [3.63, 3.8) is 0 Å². The van der Waals surface area contributed by atoms with Gasteiger partial charge in [0.1, 0.15) is 11.4 Å². The van der Waals surface area contributed by atoms with Crippen molar-refractivity contribution in [1.29, 1.82) is 0 Å². The quantitative estimate of drug-likeness (QED) is 0.278. The Morgan fingerprint density at radius 3 is 2.65 bits per heavy atom. The molecular formula is C24H22F3IN4O2. The lowest BCUT2D eigenvalue weighted by Gasteiger charge is -2.46. The van der Waals surface area contributed by atoms with Crippen molar-refractivity contribution in [3.05, 3.63) is 87.0 Å². The highest BCUT2D eigenvalue weighted by atomic mass is 127. The molecule has 0 unspecified atom stereocenters. The number of anilines is 2. The molecule has 0 bridgehead atoms. The SMILES string of the molecule is O=C(c1ccc(F)c(F)c1Nc1ccc(I)cc1F)N1CC(O)(CNCCc2cccnc2)C1. The number of amides is 1. The second-order valence-electron chi connectivity index (χ2n) is 8.21. The number of aliphatic hydroxyl groups is 1. The number of carbonyl (C=O) groups excluding carboxylic acids is 1. The summed E-state index contributed by atoms with van der Waals surface area (Å²) in [5.74, 6) is -3.70. The van der Waals surface area contributed by atoms with E-state index in [1.54, 1.807) is 18.5 Å². The first kappa shape index (κ1) is 24.4. The maximum absolute atomic E-state index is 14.6. The first-order valence-electron chi connectivity index (χ1n) is 10.6. The standard InChI is InChI=1S/C24H22F3IN4O2/c25-18-5-4-17(22(21(18)27)31-20-6-3-16(28)10-19(20)26)23(33)32-13-24(34,14-32)12-30-9-7-15-2-1-8-29-11-15/h1-6,8,10-11,30-31,34H,7,9,12-14H2. The lowest BCUT2D eigenvalue weighted by Crippen LogP contribution is -2.67. The van der Waals surface area contributed by atoms with E-state index >= 15 is 0 Å². The van der Waals surface area contributed by atoms with Gasteiger partial charge in [-0.2, -0.15) is 0 Å². The smallest absolute Gasteiger partial charge is 0.256 e. The molecule has 178 valence electrons. The van der Waals surface area contributed by atoms with Crippen LogP contribution in [0.3, 0.4) is 0 Å². The van der Waals surface area contributed by atoms with Crippen LogP contribution in [0.5, 0.6) is 0 Å². The van der Waals surface area contributed by atoms with Crippen molar-refractivity contribution in [3.8, 4) is 0 Å². The fourth-order valence-electron chi connectivity index (χ4n) is 3.77. The van der Waals surface area contributed by atoms with Crippen LogP contribution in [0.15, 0.2) is 54.9 Å². The highest BCUT2D eigenvalue weighted by molar-refractivity contribution is 14.1. The molecule has 1 aromatic heterocycles. The summed E-state index contributed by atoms with van der Waals surface area (Å²) in [6, 6.07) is 10.0. The molecule has 0 radical (unpaired) electrons. The Kier molecular flexibility index (Phi) is 7.39. The van der Waals surface area contributed by atoms with E-state index in [1.165, 1.54) is 17.0 Å². The van der Waals surface area contributed by atoms with E-state index in [1.807, 2.05) is 34.7 Å². The van der Waals surface area contributed by atoms with Crippen molar-refractivity contribution in [2.75, 3.05) is 31.5 Å². The van der Waals surface area contributed by atoms with E-state index in [9.17, 15) is 23.1 Å². The lowest BCUT2D eigenvalue weighted by atomic mass is 9.92. The molecule has 1 aliphatic rings. The molecule has 4 rings (SSSR count). The fourth-order valence-corrected chi connectivity index (χ4v) is 4.22. The first-order chi connectivity index (χ1) is 16.3. The van der Waals surface area contributed by atoms with Crippen molar-refractivity contribution in [2.45, 2.75) is 12.0 Å². The molecule has 1 amide bonds. The van der Waals surface area contributed by atoms with Crippen LogP contribution in [0.1, 0.15) is 15.9 Å². The van der Waals surface area contributed by atoms with Gasteiger partial charge in [-0.25, -0.2) is 13.2 Å². The molecule has 1 aliphatic heterocycles. The normalized spacial score (nSPS) is 14.6. The van der Waals surface area contributed by atoms with Gasteiger partial charge in [-0.15, -0.1) is 0 Å².